The molecule has 0 saturated carbocycles. The highest BCUT2D eigenvalue weighted by Crippen LogP contribution is 2.56. The molecule has 25 aromatic rings. The van der Waals surface area contributed by atoms with Crippen LogP contribution in [0.2, 0.25) is 0 Å². The molecule has 6 heteroatoms. The van der Waals surface area contributed by atoms with E-state index in [1.807, 2.05) is 0 Å². The Bertz CT molecular complexity index is 8930. The highest BCUT2D eigenvalue weighted by molar-refractivity contribution is 6.23. The Labute approximate surface area is 701 Å². The van der Waals surface area contributed by atoms with E-state index in [9.17, 15) is 0 Å². The maximum Gasteiger partial charge on any atom is 0.137 e. The lowest BCUT2D eigenvalue weighted by atomic mass is 9.82. The van der Waals surface area contributed by atoms with E-state index in [-0.39, 0.29) is 10.8 Å². The van der Waals surface area contributed by atoms with E-state index >= 15 is 0 Å². The van der Waals surface area contributed by atoms with Crippen LogP contribution >= 0.6 is 0 Å². The minimum Gasteiger partial charge on any atom is -0.456 e. The van der Waals surface area contributed by atoms with Crippen LogP contribution < -0.4 is 0 Å². The van der Waals surface area contributed by atoms with Crippen molar-refractivity contribution < 1.29 is 8.83 Å². The van der Waals surface area contributed by atoms with Crippen molar-refractivity contribution in [2.24, 2.45) is 0 Å². The summed E-state index contributed by atoms with van der Waals surface area (Å²) in [5.74, 6) is 0. The molecule has 6 heterocycles. The third-order valence-corrected chi connectivity index (χ3v) is 27.9. The molecule has 0 unspecified atom stereocenters. The molecule has 0 bridgehead atoms. The fraction of sp³-hybridized carbons (Fsp3) is 0.0517. The van der Waals surface area contributed by atoms with Crippen molar-refractivity contribution >= 4 is 153 Å². The van der Waals surface area contributed by atoms with E-state index in [2.05, 4.69) is 422 Å². The molecule has 0 amide bonds. The monoisotopic (exact) mass is 1550 g/mol. The van der Waals surface area contributed by atoms with E-state index in [1.54, 1.807) is 0 Å². The number of aromatic nitrogens is 4. The average Bonchev–Trinajstić information content (AvgIpc) is 1.55. The lowest BCUT2D eigenvalue weighted by Crippen LogP contribution is -2.15. The van der Waals surface area contributed by atoms with Gasteiger partial charge in [0.05, 0.1) is 49.8 Å². The zero-order valence-electron chi connectivity index (χ0n) is 67.4. The van der Waals surface area contributed by atoms with Gasteiger partial charge in [-0.2, -0.15) is 0 Å². The van der Waals surface area contributed by atoms with Crippen LogP contribution in [0, 0.1) is 0 Å². The molecule has 0 atom stereocenters. The number of nitrogens with zero attached hydrogens (tertiary/aromatic N) is 4. The third-order valence-electron chi connectivity index (χ3n) is 27.9. The van der Waals surface area contributed by atoms with E-state index in [0.717, 1.165) is 66.3 Å². The normalized spacial score (nSPS) is 13.5. The summed E-state index contributed by atoms with van der Waals surface area (Å²) >= 11 is 0. The first-order valence-corrected chi connectivity index (χ1v) is 42.5. The fourth-order valence-corrected chi connectivity index (χ4v) is 22.2. The molecule has 0 N–H and O–H groups in total. The number of hydrogen-bond acceptors (Lipinski definition) is 2. The lowest BCUT2D eigenvalue weighted by molar-refractivity contribution is 0.661. The number of para-hydroxylation sites is 4. The van der Waals surface area contributed by atoms with Crippen LogP contribution in [-0.4, -0.2) is 18.3 Å². The molecule has 570 valence electrons. The third kappa shape index (κ3) is 9.32. The zero-order valence-corrected chi connectivity index (χ0v) is 67.4. The summed E-state index contributed by atoms with van der Waals surface area (Å²) in [6.45, 7) is 9.50. The standard InChI is InChI=1S/C61H38N2O.C55H36N2O/c1-61(2)51-21-10-8-17-40(51)45-31-48-46-29-35(23-26-55(46)63(56(48)33-52(45)61)54-27-25-43-39-16-7-6-15-38(39)42-19-12-20-44(54)60(42)43)36-24-28-58-49(30-36)50-32-47-41-18-9-11-22-53(41)62(37-13-4-3-5-14-37)57(47)34-59(50)64-58;1-55(2)47-18-10-8-16-39(47)41-29-44-42-27-35(21-24-50(42)57(51(44)31-48(41)55)38-23-20-33-12-6-7-13-34(33)26-38)36-22-25-53-45(28-36)46-30-43-40-17-9-11-19-49(40)56(37-14-4-3-5-15-37)52(43)32-54(46)58-53/h3-34H,1-2H3;3-32H,1-2H3. The molecule has 0 saturated heterocycles. The Morgan fingerprint density at radius 2 is 0.574 bits per heavy atom. The van der Waals surface area contributed by atoms with Crippen LogP contribution in [0.4, 0.5) is 0 Å². The molecule has 28 rings (SSSR count). The molecule has 6 aromatic heterocycles. The van der Waals surface area contributed by atoms with Gasteiger partial charge in [-0.05, 0) is 245 Å². The van der Waals surface area contributed by atoms with Gasteiger partial charge in [-0.15, -0.1) is 0 Å². The maximum absolute atomic E-state index is 6.67. The highest BCUT2D eigenvalue weighted by atomic mass is 16.3. The minimum absolute atomic E-state index is 0.0965. The van der Waals surface area contributed by atoms with Gasteiger partial charge in [0.1, 0.15) is 22.3 Å². The van der Waals surface area contributed by atoms with Gasteiger partial charge in [0, 0.05) is 110 Å². The van der Waals surface area contributed by atoms with Crippen molar-refractivity contribution in [3.05, 3.63) is 398 Å². The summed E-state index contributed by atoms with van der Waals surface area (Å²) in [6.07, 6.45) is 0. The Kier molecular flexibility index (Phi) is 13.6. The van der Waals surface area contributed by atoms with Crippen LogP contribution in [0.1, 0.15) is 49.9 Å². The first-order chi connectivity index (χ1) is 60.0. The Morgan fingerprint density at radius 1 is 0.189 bits per heavy atom. The first-order valence-electron chi connectivity index (χ1n) is 42.5. The Balaban J connectivity index is 0.000000129. The molecule has 0 spiro atoms. The van der Waals surface area contributed by atoms with Gasteiger partial charge >= 0.3 is 0 Å². The SMILES string of the molecule is CC1(C)c2ccccc2-c2cc3c4cc(-c5ccc6oc7cc8c(cc7c6c5)c5ccccc5n8-c5ccccc5)ccc4n(-c4ccc5c6c(cccc46)-c4ccccc4-5)c3cc21.CC1(C)c2ccccc2-c2cc3c4cc(-c5ccc6oc7cc8c(cc7c6c5)c5ccccc5n8-c5ccccc5)ccc4n(-c4ccc5ccccc5c4)c3cc21. The van der Waals surface area contributed by atoms with Crippen molar-refractivity contribution in [3.63, 3.8) is 0 Å². The largest absolute Gasteiger partial charge is 0.456 e. The number of fused-ring (bicyclic) bond motifs is 28. The molecule has 19 aromatic carbocycles. The summed E-state index contributed by atoms with van der Waals surface area (Å²) in [4.78, 5) is 0. The number of rotatable bonds is 6. The van der Waals surface area contributed by atoms with E-state index in [4.69, 9.17) is 8.83 Å². The van der Waals surface area contributed by atoms with Gasteiger partial charge in [-0.3, -0.25) is 0 Å². The van der Waals surface area contributed by atoms with Crippen molar-refractivity contribution in [2.45, 2.75) is 38.5 Å². The molecule has 3 aliphatic rings. The fourth-order valence-electron chi connectivity index (χ4n) is 22.2. The number of benzene rings is 19. The van der Waals surface area contributed by atoms with Gasteiger partial charge in [-0.1, -0.05) is 252 Å². The van der Waals surface area contributed by atoms with Crippen LogP contribution in [-0.2, 0) is 10.8 Å². The summed E-state index contributed by atoms with van der Waals surface area (Å²) < 4.78 is 23.0. The van der Waals surface area contributed by atoms with Crippen molar-refractivity contribution in [3.8, 4) is 89.5 Å². The van der Waals surface area contributed by atoms with Gasteiger partial charge in [0.15, 0.2) is 0 Å². The predicted molar refractivity (Wildman–Crippen MR) is 510 cm³/mol. The quantitative estimate of drug-likeness (QED) is 0.167. The van der Waals surface area contributed by atoms with Crippen molar-refractivity contribution in [1.29, 1.82) is 0 Å². The molecule has 3 aliphatic carbocycles. The van der Waals surface area contributed by atoms with Gasteiger partial charge in [0.25, 0.3) is 0 Å². The molecular formula is C116H74N4O2. The van der Waals surface area contributed by atoms with Crippen molar-refractivity contribution in [1.82, 2.24) is 18.3 Å². The van der Waals surface area contributed by atoms with Gasteiger partial charge in [0.2, 0.25) is 0 Å². The van der Waals surface area contributed by atoms with Crippen molar-refractivity contribution in [2.75, 3.05) is 0 Å². The number of hydrogen-bond donors (Lipinski definition) is 0. The van der Waals surface area contributed by atoms with E-state index in [1.165, 1.54) is 198 Å². The van der Waals surface area contributed by atoms with Gasteiger partial charge < -0.3 is 27.1 Å². The van der Waals surface area contributed by atoms with Gasteiger partial charge in [-0.25, -0.2) is 0 Å². The van der Waals surface area contributed by atoms with Crippen LogP contribution in [0.3, 0.4) is 0 Å². The highest BCUT2D eigenvalue weighted by Gasteiger charge is 2.39. The Hall–Kier alpha value is -15.5. The van der Waals surface area contributed by atoms with Crippen LogP contribution in [0.5, 0.6) is 0 Å². The van der Waals surface area contributed by atoms with Crippen LogP contribution in [0.25, 0.3) is 242 Å². The summed E-state index contributed by atoms with van der Waals surface area (Å²) in [7, 11) is 0. The molecule has 0 radical (unpaired) electrons. The average molecular weight is 1560 g/mol. The summed E-state index contributed by atoms with van der Waals surface area (Å²) in [6, 6.07) is 139. The number of furan rings is 2. The second kappa shape index (κ2) is 24.6. The van der Waals surface area contributed by atoms with E-state index < -0.39 is 0 Å². The topological polar surface area (TPSA) is 46.0 Å². The summed E-state index contributed by atoms with van der Waals surface area (Å²) in [5, 5.41) is 19.5. The zero-order chi connectivity index (χ0) is 80.3. The molecule has 6 nitrogen and oxygen atoms in total. The maximum atomic E-state index is 6.67. The summed E-state index contributed by atoms with van der Waals surface area (Å²) in [5.41, 5.74) is 38.4. The molecular weight excluding hydrogens is 1480 g/mol. The first kappa shape index (κ1) is 67.5. The molecule has 122 heavy (non-hydrogen) atoms. The lowest BCUT2D eigenvalue weighted by Gasteiger charge is -2.22. The van der Waals surface area contributed by atoms with Crippen LogP contribution in [0.15, 0.2) is 385 Å². The minimum atomic E-state index is -0.124. The Morgan fingerprint density at radius 3 is 1.12 bits per heavy atom. The second-order valence-corrected chi connectivity index (χ2v) is 35.0. The molecule has 0 fully saturated rings. The second-order valence-electron chi connectivity index (χ2n) is 35.0. The smallest absolute Gasteiger partial charge is 0.137 e. The predicted octanol–water partition coefficient (Wildman–Crippen LogP) is 31.5. The van der Waals surface area contributed by atoms with E-state index in [0.29, 0.717) is 0 Å². The molecule has 0 aliphatic heterocycles.